The number of benzene rings is 2. The molecular formula is C26H26ClN5O3. The lowest BCUT2D eigenvalue weighted by Gasteiger charge is -2.44. The van der Waals surface area contributed by atoms with E-state index in [0.29, 0.717) is 11.6 Å². The van der Waals surface area contributed by atoms with Crippen molar-refractivity contribution in [2.75, 3.05) is 0 Å². The maximum absolute atomic E-state index is 13.7. The normalized spacial score (nSPS) is 19.3. The van der Waals surface area contributed by atoms with Gasteiger partial charge in [-0.3, -0.25) is 14.4 Å². The lowest BCUT2D eigenvalue weighted by atomic mass is 9.93. The third-order valence-corrected chi connectivity index (χ3v) is 6.80. The molecule has 1 aliphatic carbocycles. The Bertz CT molecular complexity index is 1270. The Hall–Kier alpha value is -3.65. The van der Waals surface area contributed by atoms with E-state index >= 15 is 0 Å². The van der Waals surface area contributed by atoms with Gasteiger partial charge in [0.05, 0.1) is 12.9 Å². The van der Waals surface area contributed by atoms with Crippen LogP contribution in [0.15, 0.2) is 60.9 Å². The molecule has 3 amide bonds. The first-order valence-corrected chi connectivity index (χ1v) is 12.0. The van der Waals surface area contributed by atoms with Crippen LogP contribution in [0.1, 0.15) is 51.9 Å². The highest BCUT2D eigenvalue weighted by Gasteiger charge is 2.53. The number of halogens is 1. The molecule has 0 unspecified atom stereocenters. The average molecular weight is 492 g/mol. The van der Waals surface area contributed by atoms with Crippen molar-refractivity contribution in [1.29, 1.82) is 0 Å². The summed E-state index contributed by atoms with van der Waals surface area (Å²) in [6.07, 6.45) is 3.14. The monoisotopic (exact) mass is 491 g/mol. The third kappa shape index (κ3) is 4.53. The van der Waals surface area contributed by atoms with Crippen LogP contribution in [0.25, 0.3) is 0 Å². The first-order valence-electron chi connectivity index (χ1n) is 11.6. The molecule has 1 aliphatic heterocycles. The number of amides is 3. The third-order valence-electron chi connectivity index (χ3n) is 6.55. The van der Waals surface area contributed by atoms with Gasteiger partial charge < -0.3 is 20.1 Å². The zero-order valence-electron chi connectivity index (χ0n) is 19.3. The first kappa shape index (κ1) is 23.1. The zero-order valence-corrected chi connectivity index (χ0v) is 20.1. The minimum atomic E-state index is -1.09. The van der Waals surface area contributed by atoms with Gasteiger partial charge in [0, 0.05) is 24.2 Å². The van der Waals surface area contributed by atoms with Crippen LogP contribution < -0.4 is 10.6 Å². The number of hydrogen-bond donors (Lipinski definition) is 2. The molecule has 1 fully saturated rings. The van der Waals surface area contributed by atoms with Crippen molar-refractivity contribution in [3.63, 3.8) is 0 Å². The van der Waals surface area contributed by atoms with Crippen LogP contribution in [-0.2, 0) is 24.4 Å². The number of aromatic nitrogens is 2. The molecular weight excluding hydrogens is 466 g/mol. The van der Waals surface area contributed by atoms with Crippen LogP contribution in [0.2, 0.25) is 5.02 Å². The zero-order chi connectivity index (χ0) is 24.6. The average Bonchev–Trinajstić information content (AvgIpc) is 3.60. The van der Waals surface area contributed by atoms with Crippen LogP contribution in [0, 0.1) is 0 Å². The van der Waals surface area contributed by atoms with Gasteiger partial charge in [0.1, 0.15) is 11.2 Å². The topological polar surface area (TPSA) is 96.3 Å². The molecule has 0 bridgehead atoms. The molecule has 3 aromatic rings. The van der Waals surface area contributed by atoms with Crippen molar-refractivity contribution in [1.82, 2.24) is 25.1 Å². The number of nitrogens with zero attached hydrogens (tertiary/aromatic N) is 3. The molecule has 9 heteroatoms. The summed E-state index contributed by atoms with van der Waals surface area (Å²) in [4.78, 5) is 45.9. The van der Waals surface area contributed by atoms with Gasteiger partial charge in [-0.25, -0.2) is 4.98 Å². The minimum absolute atomic E-state index is 0.0244. The van der Waals surface area contributed by atoms with Crippen molar-refractivity contribution < 1.29 is 14.4 Å². The summed E-state index contributed by atoms with van der Waals surface area (Å²) in [6, 6.07) is 16.8. The Morgan fingerprint density at radius 2 is 1.69 bits per heavy atom. The minimum Gasteiger partial charge on any atom is -0.350 e. The maximum Gasteiger partial charge on any atom is 0.274 e. The van der Waals surface area contributed by atoms with Crippen LogP contribution in [-0.4, -0.2) is 43.8 Å². The fourth-order valence-corrected chi connectivity index (χ4v) is 4.68. The summed E-state index contributed by atoms with van der Waals surface area (Å²) < 4.78 is 1.63. The van der Waals surface area contributed by atoms with E-state index in [4.69, 9.17) is 11.6 Å². The molecule has 180 valence electrons. The van der Waals surface area contributed by atoms with Gasteiger partial charge in [0.15, 0.2) is 5.69 Å². The summed E-state index contributed by atoms with van der Waals surface area (Å²) in [5, 5.41) is 6.43. The number of rotatable bonds is 7. The fraction of sp³-hybridized carbons (Fsp3) is 0.308. The fourth-order valence-electron chi connectivity index (χ4n) is 4.56. The van der Waals surface area contributed by atoms with E-state index in [1.165, 1.54) is 6.33 Å². The van der Waals surface area contributed by atoms with Crippen molar-refractivity contribution >= 4 is 29.3 Å². The molecule has 0 radical (unpaired) electrons. The summed E-state index contributed by atoms with van der Waals surface area (Å²) in [5.74, 6) is -1.00. The number of hydrogen-bond acceptors (Lipinski definition) is 4. The molecule has 0 saturated heterocycles. The quantitative estimate of drug-likeness (QED) is 0.530. The molecule has 2 N–H and O–H groups in total. The molecule has 2 aliphatic rings. The van der Waals surface area contributed by atoms with E-state index in [-0.39, 0.29) is 42.3 Å². The lowest BCUT2D eigenvalue weighted by molar-refractivity contribution is -0.133. The van der Waals surface area contributed by atoms with Gasteiger partial charge in [-0.15, -0.1) is 0 Å². The van der Waals surface area contributed by atoms with Crippen LogP contribution in [0.4, 0.5) is 0 Å². The number of fused-ring (bicyclic) bond motifs is 1. The van der Waals surface area contributed by atoms with E-state index in [0.717, 1.165) is 24.0 Å². The Morgan fingerprint density at radius 3 is 2.37 bits per heavy atom. The maximum atomic E-state index is 13.7. The van der Waals surface area contributed by atoms with E-state index < -0.39 is 11.4 Å². The number of nitrogens with one attached hydrogen (secondary N) is 2. The standard InChI is InChI=1S/C26H26ClN5O3/c1-26(25(35)29-14-17-5-3-2-4-6-17)15-31-16-30-21(22(31)24(34)32(26)20-11-12-20)23(33)28-13-18-7-9-19(27)10-8-18/h2-10,16,20H,11-15H2,1H3,(H,28,33)(H,29,35)/t26-/m1/s1. The van der Waals surface area contributed by atoms with Gasteiger partial charge >= 0.3 is 0 Å². The van der Waals surface area contributed by atoms with Crippen LogP contribution >= 0.6 is 11.6 Å². The largest absolute Gasteiger partial charge is 0.350 e. The summed E-state index contributed by atoms with van der Waals surface area (Å²) in [6.45, 7) is 2.66. The Morgan fingerprint density at radius 1 is 1.03 bits per heavy atom. The molecule has 5 rings (SSSR count). The van der Waals surface area contributed by atoms with Gasteiger partial charge in [0.2, 0.25) is 5.91 Å². The van der Waals surface area contributed by atoms with Gasteiger partial charge in [-0.05, 0) is 43.0 Å². The second-order valence-electron chi connectivity index (χ2n) is 9.23. The van der Waals surface area contributed by atoms with E-state index in [1.807, 2.05) is 42.5 Å². The molecule has 2 aromatic carbocycles. The molecule has 1 saturated carbocycles. The molecule has 8 nitrogen and oxygen atoms in total. The predicted octanol–water partition coefficient (Wildman–Crippen LogP) is 3.16. The highest BCUT2D eigenvalue weighted by atomic mass is 35.5. The number of carbonyl (C=O) groups excluding carboxylic acids is 3. The van der Waals surface area contributed by atoms with Gasteiger partial charge in [0.25, 0.3) is 11.8 Å². The highest BCUT2D eigenvalue weighted by molar-refractivity contribution is 6.30. The van der Waals surface area contributed by atoms with Crippen LogP contribution in [0.3, 0.4) is 0 Å². The van der Waals surface area contributed by atoms with E-state index in [2.05, 4.69) is 15.6 Å². The number of imidazole rings is 1. The summed E-state index contributed by atoms with van der Waals surface area (Å²) in [7, 11) is 0. The number of carbonyl (C=O) groups is 3. The predicted molar refractivity (Wildman–Crippen MR) is 131 cm³/mol. The SMILES string of the molecule is C[C@]1(C(=O)NCc2ccccc2)Cn2cnc(C(=O)NCc3ccc(Cl)cc3)c2C(=O)N1C1CC1. The Kier molecular flexibility index (Phi) is 6.06. The molecule has 1 atom stereocenters. The van der Waals surface area contributed by atoms with Crippen molar-refractivity contribution in [3.8, 4) is 0 Å². The second-order valence-corrected chi connectivity index (χ2v) is 9.66. The Labute approximate surface area is 208 Å². The molecule has 2 heterocycles. The first-order chi connectivity index (χ1) is 16.9. The van der Waals surface area contributed by atoms with Gasteiger partial charge in [-0.2, -0.15) is 0 Å². The van der Waals surface area contributed by atoms with E-state index in [1.54, 1.807) is 28.5 Å². The summed E-state index contributed by atoms with van der Waals surface area (Å²) in [5.41, 5.74) is 1.06. The van der Waals surface area contributed by atoms with Crippen LogP contribution in [0.5, 0.6) is 0 Å². The highest BCUT2D eigenvalue weighted by Crippen LogP contribution is 2.38. The molecule has 0 spiro atoms. The smallest absolute Gasteiger partial charge is 0.274 e. The van der Waals surface area contributed by atoms with Crippen molar-refractivity contribution in [3.05, 3.63) is 88.5 Å². The van der Waals surface area contributed by atoms with E-state index in [9.17, 15) is 14.4 Å². The van der Waals surface area contributed by atoms with Crippen molar-refractivity contribution in [2.45, 2.75) is 51.0 Å². The molecule has 35 heavy (non-hydrogen) atoms. The lowest BCUT2D eigenvalue weighted by Crippen LogP contribution is -2.64. The molecule has 1 aromatic heterocycles. The second kappa shape index (κ2) is 9.19. The summed E-state index contributed by atoms with van der Waals surface area (Å²) >= 11 is 5.92. The Balaban J connectivity index is 1.36. The van der Waals surface area contributed by atoms with Crippen molar-refractivity contribution in [2.24, 2.45) is 0 Å². The van der Waals surface area contributed by atoms with Gasteiger partial charge in [-0.1, -0.05) is 54.1 Å².